The molecule has 1 fully saturated rings. The van der Waals surface area contributed by atoms with Crippen LogP contribution in [-0.4, -0.2) is 62.0 Å². The van der Waals surface area contributed by atoms with Gasteiger partial charge in [-0.3, -0.25) is 19.7 Å². The van der Waals surface area contributed by atoms with E-state index in [1.165, 1.54) is 17.0 Å². The molecule has 30 heavy (non-hydrogen) atoms. The van der Waals surface area contributed by atoms with E-state index in [1.807, 2.05) is 4.90 Å². The first-order valence-corrected chi connectivity index (χ1v) is 9.58. The van der Waals surface area contributed by atoms with Crippen molar-refractivity contribution in [3.8, 4) is 0 Å². The standard InChI is InChI=1S/C21H24N4O5/c1-22-20(26)16-5-3-15(4-6-16)14-23(2)21(27)18-13-17(25(28)29)7-8-19(18)24-9-11-30-12-10-24/h3-8,13H,9-12,14H2,1-2H3,(H,22,26). The molecule has 2 aromatic carbocycles. The normalized spacial score (nSPS) is 13.6. The number of amides is 2. The molecule has 0 saturated carbocycles. The van der Waals surface area contributed by atoms with E-state index in [1.54, 1.807) is 44.4 Å². The van der Waals surface area contributed by atoms with Crippen molar-refractivity contribution in [2.45, 2.75) is 6.54 Å². The van der Waals surface area contributed by atoms with Gasteiger partial charge in [0, 0.05) is 51.4 Å². The summed E-state index contributed by atoms with van der Waals surface area (Å²) in [7, 11) is 3.21. The molecule has 0 radical (unpaired) electrons. The van der Waals surface area contributed by atoms with Crippen molar-refractivity contribution < 1.29 is 19.2 Å². The topological polar surface area (TPSA) is 105 Å². The molecular weight excluding hydrogens is 388 g/mol. The smallest absolute Gasteiger partial charge is 0.270 e. The Kier molecular flexibility index (Phi) is 6.63. The molecule has 1 saturated heterocycles. The molecule has 1 heterocycles. The number of carbonyl (C=O) groups is 2. The third-order valence-electron chi connectivity index (χ3n) is 4.98. The van der Waals surface area contributed by atoms with Crippen LogP contribution in [0.4, 0.5) is 11.4 Å². The van der Waals surface area contributed by atoms with Crippen molar-refractivity contribution in [1.82, 2.24) is 10.2 Å². The highest BCUT2D eigenvalue weighted by Gasteiger charge is 2.24. The maximum atomic E-state index is 13.2. The largest absolute Gasteiger partial charge is 0.378 e. The minimum Gasteiger partial charge on any atom is -0.378 e. The van der Waals surface area contributed by atoms with Crippen molar-refractivity contribution in [1.29, 1.82) is 0 Å². The average molecular weight is 412 g/mol. The number of morpholine rings is 1. The Balaban J connectivity index is 1.83. The second-order valence-corrected chi connectivity index (χ2v) is 7.00. The van der Waals surface area contributed by atoms with Gasteiger partial charge in [-0.05, 0) is 23.8 Å². The fourth-order valence-electron chi connectivity index (χ4n) is 3.35. The summed E-state index contributed by atoms with van der Waals surface area (Å²) in [5, 5.41) is 13.8. The fraction of sp³-hybridized carbons (Fsp3) is 0.333. The number of hydrogen-bond acceptors (Lipinski definition) is 6. The minimum atomic E-state index is -0.503. The van der Waals surface area contributed by atoms with Crippen molar-refractivity contribution in [3.05, 3.63) is 69.3 Å². The van der Waals surface area contributed by atoms with Gasteiger partial charge in [0.15, 0.2) is 0 Å². The van der Waals surface area contributed by atoms with Crippen LogP contribution < -0.4 is 10.2 Å². The quantitative estimate of drug-likeness (QED) is 0.575. The Hall–Kier alpha value is -3.46. The molecule has 0 spiro atoms. The third kappa shape index (κ3) is 4.74. The van der Waals surface area contributed by atoms with Crippen LogP contribution in [0.25, 0.3) is 0 Å². The lowest BCUT2D eigenvalue weighted by molar-refractivity contribution is -0.384. The molecule has 3 rings (SSSR count). The van der Waals surface area contributed by atoms with Gasteiger partial charge in [0.05, 0.1) is 29.4 Å². The van der Waals surface area contributed by atoms with Gasteiger partial charge >= 0.3 is 0 Å². The summed E-state index contributed by atoms with van der Waals surface area (Å²) in [4.78, 5) is 39.1. The third-order valence-corrected chi connectivity index (χ3v) is 4.98. The summed E-state index contributed by atoms with van der Waals surface area (Å²) >= 11 is 0. The van der Waals surface area contributed by atoms with Crippen molar-refractivity contribution in [3.63, 3.8) is 0 Å². The van der Waals surface area contributed by atoms with Crippen LogP contribution in [0, 0.1) is 10.1 Å². The average Bonchev–Trinajstić information content (AvgIpc) is 2.78. The number of nitro groups is 1. The van der Waals surface area contributed by atoms with Crippen LogP contribution in [0.3, 0.4) is 0 Å². The zero-order valence-corrected chi connectivity index (χ0v) is 17.0. The first kappa shape index (κ1) is 21.3. The molecule has 0 aromatic heterocycles. The van der Waals surface area contributed by atoms with E-state index >= 15 is 0 Å². The van der Waals surface area contributed by atoms with Gasteiger partial charge in [0.1, 0.15) is 0 Å². The van der Waals surface area contributed by atoms with Crippen molar-refractivity contribution in [2.75, 3.05) is 45.3 Å². The van der Waals surface area contributed by atoms with Gasteiger partial charge in [0.25, 0.3) is 17.5 Å². The summed E-state index contributed by atoms with van der Waals surface area (Å²) in [6, 6.07) is 11.3. The van der Waals surface area contributed by atoms with Crippen LogP contribution in [0.5, 0.6) is 0 Å². The summed E-state index contributed by atoms with van der Waals surface area (Å²) in [5.74, 6) is -0.492. The van der Waals surface area contributed by atoms with Crippen LogP contribution in [-0.2, 0) is 11.3 Å². The van der Waals surface area contributed by atoms with Gasteiger partial charge in [-0.15, -0.1) is 0 Å². The lowest BCUT2D eigenvalue weighted by Gasteiger charge is -2.31. The van der Waals surface area contributed by atoms with E-state index in [0.717, 1.165) is 5.56 Å². The van der Waals surface area contributed by atoms with E-state index in [2.05, 4.69) is 5.32 Å². The molecule has 2 aromatic rings. The molecular formula is C21H24N4O5. The Bertz CT molecular complexity index is 939. The summed E-state index contributed by atoms with van der Waals surface area (Å²) < 4.78 is 5.37. The number of nitro benzene ring substituents is 1. The number of carbonyl (C=O) groups excluding carboxylic acids is 2. The van der Waals surface area contributed by atoms with E-state index < -0.39 is 4.92 Å². The number of nitrogens with one attached hydrogen (secondary N) is 1. The molecule has 0 bridgehead atoms. The summed E-state index contributed by atoms with van der Waals surface area (Å²) in [6.07, 6.45) is 0. The van der Waals surface area contributed by atoms with Crippen molar-refractivity contribution >= 4 is 23.2 Å². The highest BCUT2D eigenvalue weighted by atomic mass is 16.6. The van der Waals surface area contributed by atoms with Crippen LogP contribution >= 0.6 is 0 Å². The molecule has 9 heteroatoms. The number of rotatable bonds is 6. The Labute approximate surface area is 174 Å². The van der Waals surface area contributed by atoms with E-state index in [-0.39, 0.29) is 23.1 Å². The first-order chi connectivity index (χ1) is 14.4. The Morgan fingerprint density at radius 3 is 2.43 bits per heavy atom. The zero-order chi connectivity index (χ0) is 21.7. The predicted molar refractivity (Wildman–Crippen MR) is 112 cm³/mol. The number of benzene rings is 2. The Morgan fingerprint density at radius 2 is 1.83 bits per heavy atom. The van der Waals surface area contributed by atoms with Gasteiger partial charge in [-0.25, -0.2) is 0 Å². The van der Waals surface area contributed by atoms with E-state index in [9.17, 15) is 19.7 Å². The maximum absolute atomic E-state index is 13.2. The van der Waals surface area contributed by atoms with E-state index in [0.29, 0.717) is 44.1 Å². The molecule has 9 nitrogen and oxygen atoms in total. The molecule has 0 atom stereocenters. The lowest BCUT2D eigenvalue weighted by atomic mass is 10.1. The van der Waals surface area contributed by atoms with Crippen LogP contribution in [0.2, 0.25) is 0 Å². The highest BCUT2D eigenvalue weighted by Crippen LogP contribution is 2.28. The number of hydrogen-bond donors (Lipinski definition) is 1. The second kappa shape index (κ2) is 9.36. The van der Waals surface area contributed by atoms with Crippen LogP contribution in [0.1, 0.15) is 26.3 Å². The van der Waals surface area contributed by atoms with Gasteiger partial charge < -0.3 is 19.9 Å². The molecule has 1 aliphatic rings. The van der Waals surface area contributed by atoms with Crippen molar-refractivity contribution in [2.24, 2.45) is 0 Å². The van der Waals surface area contributed by atoms with Crippen LogP contribution in [0.15, 0.2) is 42.5 Å². The number of ether oxygens (including phenoxy) is 1. The molecule has 2 amide bonds. The molecule has 0 aliphatic carbocycles. The van der Waals surface area contributed by atoms with Gasteiger partial charge in [-0.2, -0.15) is 0 Å². The zero-order valence-electron chi connectivity index (χ0n) is 17.0. The Morgan fingerprint density at radius 1 is 1.17 bits per heavy atom. The number of anilines is 1. The number of non-ortho nitro benzene ring substituents is 1. The molecule has 1 aliphatic heterocycles. The van der Waals surface area contributed by atoms with E-state index in [4.69, 9.17) is 4.74 Å². The molecule has 0 unspecified atom stereocenters. The first-order valence-electron chi connectivity index (χ1n) is 9.58. The number of nitrogens with zero attached hydrogens (tertiary/aromatic N) is 3. The summed E-state index contributed by atoms with van der Waals surface area (Å²) in [6.45, 7) is 2.61. The molecule has 1 N–H and O–H groups in total. The second-order valence-electron chi connectivity index (χ2n) is 7.00. The summed E-state index contributed by atoms with van der Waals surface area (Å²) in [5.41, 5.74) is 2.20. The predicted octanol–water partition coefficient (Wildman–Crippen LogP) is 2.06. The highest BCUT2D eigenvalue weighted by molar-refractivity contribution is 6.00. The minimum absolute atomic E-state index is 0.126. The van der Waals surface area contributed by atoms with Gasteiger partial charge in [-0.1, -0.05) is 12.1 Å². The van der Waals surface area contributed by atoms with Gasteiger partial charge in [0.2, 0.25) is 0 Å². The fourth-order valence-corrected chi connectivity index (χ4v) is 3.35. The monoisotopic (exact) mass is 412 g/mol. The maximum Gasteiger partial charge on any atom is 0.270 e. The lowest BCUT2D eigenvalue weighted by Crippen LogP contribution is -2.38. The SMILES string of the molecule is CNC(=O)c1ccc(CN(C)C(=O)c2cc([N+](=O)[O-])ccc2N2CCOCC2)cc1. The molecule has 158 valence electrons.